The normalized spacial score (nSPS) is 9.65. The van der Waals surface area contributed by atoms with E-state index >= 15 is 0 Å². The second kappa shape index (κ2) is 7.14. The molecule has 20 heavy (non-hydrogen) atoms. The third-order valence-electron chi connectivity index (χ3n) is 2.97. The molecule has 0 radical (unpaired) electrons. The molecule has 2 N–H and O–H groups in total. The SMILES string of the molecule is CCN(CCC#N)C(=O)Nc1cccc(C(=O)O)c1C. The summed E-state index contributed by atoms with van der Waals surface area (Å²) in [6.45, 7) is 4.28. The maximum Gasteiger partial charge on any atom is 0.336 e. The molecule has 0 aliphatic rings. The number of carbonyl (C=O) groups is 2. The minimum Gasteiger partial charge on any atom is -0.478 e. The highest BCUT2D eigenvalue weighted by molar-refractivity contribution is 5.95. The van der Waals surface area contributed by atoms with E-state index in [2.05, 4.69) is 5.32 Å². The summed E-state index contributed by atoms with van der Waals surface area (Å²) in [4.78, 5) is 24.6. The molecule has 1 aromatic rings. The Hall–Kier alpha value is -2.55. The summed E-state index contributed by atoms with van der Waals surface area (Å²) in [5, 5.41) is 20.3. The van der Waals surface area contributed by atoms with Gasteiger partial charge in [0.15, 0.2) is 0 Å². The Balaban J connectivity index is 2.88. The fourth-order valence-corrected chi connectivity index (χ4v) is 1.79. The molecular formula is C14H17N3O3. The molecule has 0 unspecified atom stereocenters. The summed E-state index contributed by atoms with van der Waals surface area (Å²) < 4.78 is 0. The lowest BCUT2D eigenvalue weighted by Gasteiger charge is -2.21. The summed E-state index contributed by atoms with van der Waals surface area (Å²) in [5.74, 6) is -1.03. The summed E-state index contributed by atoms with van der Waals surface area (Å²) >= 11 is 0. The molecule has 0 atom stereocenters. The lowest BCUT2D eigenvalue weighted by atomic mass is 10.1. The molecule has 6 nitrogen and oxygen atoms in total. The van der Waals surface area contributed by atoms with Crippen molar-refractivity contribution in [3.05, 3.63) is 29.3 Å². The van der Waals surface area contributed by atoms with Crippen LogP contribution in [0, 0.1) is 18.3 Å². The van der Waals surface area contributed by atoms with Gasteiger partial charge in [-0.3, -0.25) is 0 Å². The molecule has 0 aromatic heterocycles. The van der Waals surface area contributed by atoms with Gasteiger partial charge in [0.05, 0.1) is 18.1 Å². The van der Waals surface area contributed by atoms with E-state index in [1.807, 2.05) is 13.0 Å². The van der Waals surface area contributed by atoms with E-state index in [-0.39, 0.29) is 18.0 Å². The topological polar surface area (TPSA) is 93.4 Å². The van der Waals surface area contributed by atoms with Crippen LogP contribution in [-0.2, 0) is 0 Å². The second-order valence-corrected chi connectivity index (χ2v) is 4.20. The van der Waals surface area contributed by atoms with Crippen molar-refractivity contribution in [2.75, 3.05) is 18.4 Å². The summed E-state index contributed by atoms with van der Waals surface area (Å²) in [6.07, 6.45) is 0.259. The minimum atomic E-state index is -1.03. The number of nitriles is 1. The first kappa shape index (κ1) is 15.5. The zero-order valence-corrected chi connectivity index (χ0v) is 11.5. The van der Waals surface area contributed by atoms with Crippen molar-refractivity contribution in [3.63, 3.8) is 0 Å². The monoisotopic (exact) mass is 275 g/mol. The second-order valence-electron chi connectivity index (χ2n) is 4.20. The third kappa shape index (κ3) is 3.72. The van der Waals surface area contributed by atoms with Crippen molar-refractivity contribution < 1.29 is 14.7 Å². The molecule has 0 aliphatic heterocycles. The summed E-state index contributed by atoms with van der Waals surface area (Å²) in [6, 6.07) is 6.37. The highest BCUT2D eigenvalue weighted by Crippen LogP contribution is 2.19. The largest absolute Gasteiger partial charge is 0.478 e. The Labute approximate surface area is 117 Å². The van der Waals surface area contributed by atoms with Gasteiger partial charge in [-0.15, -0.1) is 0 Å². The first-order valence-electron chi connectivity index (χ1n) is 6.27. The number of carboxylic acids is 1. The Kier molecular flexibility index (Phi) is 5.54. The van der Waals surface area contributed by atoms with Crippen molar-refractivity contribution in [1.29, 1.82) is 5.26 Å². The smallest absolute Gasteiger partial charge is 0.336 e. The number of urea groups is 1. The van der Waals surface area contributed by atoms with Crippen LogP contribution in [0.2, 0.25) is 0 Å². The van der Waals surface area contributed by atoms with E-state index in [9.17, 15) is 9.59 Å². The molecule has 2 amide bonds. The van der Waals surface area contributed by atoms with Crippen molar-refractivity contribution in [2.45, 2.75) is 20.3 Å². The molecular weight excluding hydrogens is 258 g/mol. The highest BCUT2D eigenvalue weighted by atomic mass is 16.4. The number of hydrogen-bond donors (Lipinski definition) is 2. The van der Waals surface area contributed by atoms with E-state index in [0.29, 0.717) is 24.3 Å². The Morgan fingerprint density at radius 2 is 2.15 bits per heavy atom. The van der Waals surface area contributed by atoms with E-state index in [1.165, 1.54) is 11.0 Å². The zero-order chi connectivity index (χ0) is 15.1. The maximum atomic E-state index is 12.0. The molecule has 0 heterocycles. The van der Waals surface area contributed by atoms with Crippen LogP contribution in [0.5, 0.6) is 0 Å². The zero-order valence-electron chi connectivity index (χ0n) is 11.5. The van der Waals surface area contributed by atoms with Crippen LogP contribution < -0.4 is 5.32 Å². The van der Waals surface area contributed by atoms with Gasteiger partial charge in [0.2, 0.25) is 0 Å². The standard InChI is InChI=1S/C14H17N3O3/c1-3-17(9-5-8-15)14(20)16-12-7-4-6-11(10(12)2)13(18)19/h4,6-7H,3,5,9H2,1-2H3,(H,16,20)(H,18,19). The van der Waals surface area contributed by atoms with E-state index in [4.69, 9.17) is 10.4 Å². The molecule has 1 rings (SSSR count). The van der Waals surface area contributed by atoms with E-state index < -0.39 is 5.97 Å². The third-order valence-corrected chi connectivity index (χ3v) is 2.97. The lowest BCUT2D eigenvalue weighted by Crippen LogP contribution is -2.35. The number of aromatic carboxylic acids is 1. The minimum absolute atomic E-state index is 0.155. The molecule has 6 heteroatoms. The Bertz CT molecular complexity index is 549. The van der Waals surface area contributed by atoms with Crippen molar-refractivity contribution in [1.82, 2.24) is 4.90 Å². The molecule has 0 spiro atoms. The number of carboxylic acid groups (broad SMARTS) is 1. The number of benzene rings is 1. The lowest BCUT2D eigenvalue weighted by molar-refractivity contribution is 0.0696. The summed E-state index contributed by atoms with van der Waals surface area (Å²) in [5.41, 5.74) is 1.12. The number of anilines is 1. The van der Waals surface area contributed by atoms with Crippen molar-refractivity contribution in [2.24, 2.45) is 0 Å². The molecule has 106 valence electrons. The van der Waals surface area contributed by atoms with Crippen LogP contribution in [-0.4, -0.2) is 35.1 Å². The average molecular weight is 275 g/mol. The van der Waals surface area contributed by atoms with Gasteiger partial charge in [-0.2, -0.15) is 5.26 Å². The van der Waals surface area contributed by atoms with Gasteiger partial charge < -0.3 is 15.3 Å². The first-order chi connectivity index (χ1) is 9.51. The van der Waals surface area contributed by atoms with E-state index in [0.717, 1.165) is 0 Å². The fraction of sp³-hybridized carbons (Fsp3) is 0.357. The molecule has 0 saturated heterocycles. The fourth-order valence-electron chi connectivity index (χ4n) is 1.79. The predicted molar refractivity (Wildman–Crippen MR) is 74.6 cm³/mol. The van der Waals surface area contributed by atoms with Gasteiger partial charge in [0.1, 0.15) is 0 Å². The quantitative estimate of drug-likeness (QED) is 0.863. The number of nitrogens with one attached hydrogen (secondary N) is 1. The Morgan fingerprint density at radius 1 is 1.45 bits per heavy atom. The highest BCUT2D eigenvalue weighted by Gasteiger charge is 2.15. The van der Waals surface area contributed by atoms with Crippen LogP contribution in [0.4, 0.5) is 10.5 Å². The molecule has 1 aromatic carbocycles. The molecule has 0 bridgehead atoms. The molecule has 0 fully saturated rings. The van der Waals surface area contributed by atoms with Crippen LogP contribution in [0.25, 0.3) is 0 Å². The van der Waals surface area contributed by atoms with E-state index in [1.54, 1.807) is 19.1 Å². The van der Waals surface area contributed by atoms with Crippen LogP contribution in [0.1, 0.15) is 29.3 Å². The number of amides is 2. The van der Waals surface area contributed by atoms with Gasteiger partial charge in [-0.05, 0) is 31.5 Å². The van der Waals surface area contributed by atoms with Crippen LogP contribution >= 0.6 is 0 Å². The predicted octanol–water partition coefficient (Wildman–Crippen LogP) is 2.46. The van der Waals surface area contributed by atoms with Crippen molar-refractivity contribution >= 4 is 17.7 Å². The Morgan fingerprint density at radius 3 is 2.70 bits per heavy atom. The maximum absolute atomic E-state index is 12.0. The number of carbonyl (C=O) groups excluding carboxylic acids is 1. The van der Waals surface area contributed by atoms with Gasteiger partial charge in [-0.1, -0.05) is 6.07 Å². The van der Waals surface area contributed by atoms with Crippen LogP contribution in [0.3, 0.4) is 0 Å². The number of nitrogens with zero attached hydrogens (tertiary/aromatic N) is 2. The van der Waals surface area contributed by atoms with Gasteiger partial charge in [0, 0.05) is 18.8 Å². The average Bonchev–Trinajstić information content (AvgIpc) is 2.41. The molecule has 0 saturated carbocycles. The van der Waals surface area contributed by atoms with Crippen molar-refractivity contribution in [3.8, 4) is 6.07 Å². The van der Waals surface area contributed by atoms with Crippen LogP contribution in [0.15, 0.2) is 18.2 Å². The van der Waals surface area contributed by atoms with Gasteiger partial charge >= 0.3 is 12.0 Å². The number of hydrogen-bond acceptors (Lipinski definition) is 3. The van der Waals surface area contributed by atoms with Gasteiger partial charge in [0.25, 0.3) is 0 Å². The van der Waals surface area contributed by atoms with Gasteiger partial charge in [-0.25, -0.2) is 9.59 Å². The molecule has 0 aliphatic carbocycles. The number of rotatable bonds is 5. The first-order valence-corrected chi connectivity index (χ1v) is 6.27. The summed E-state index contributed by atoms with van der Waals surface area (Å²) in [7, 11) is 0.